The number of hydrogen-bond acceptors (Lipinski definition) is 3. The van der Waals surface area contributed by atoms with Gasteiger partial charge in [0.1, 0.15) is 0 Å². The molecule has 4 nitrogen and oxygen atoms in total. The van der Waals surface area contributed by atoms with Crippen molar-refractivity contribution in [3.63, 3.8) is 0 Å². The molecular weight excluding hydrogens is 312 g/mol. The Hall–Kier alpha value is -0.610. The Balaban J connectivity index is 1.32. The first-order chi connectivity index (χ1) is 12.1. The fourth-order valence-electron chi connectivity index (χ4n) is 5.47. The summed E-state index contributed by atoms with van der Waals surface area (Å²) in [7, 11) is 0. The lowest BCUT2D eigenvalue weighted by Gasteiger charge is -2.43. The molecule has 0 aromatic rings. The van der Waals surface area contributed by atoms with Gasteiger partial charge in [-0.2, -0.15) is 0 Å². The van der Waals surface area contributed by atoms with E-state index in [1.54, 1.807) is 6.92 Å². The van der Waals surface area contributed by atoms with Crippen LogP contribution in [0, 0.1) is 23.2 Å². The zero-order chi connectivity index (χ0) is 17.3. The summed E-state index contributed by atoms with van der Waals surface area (Å²) in [6.45, 7) is 9.19. The molecule has 1 atom stereocenters. The first-order valence-electron chi connectivity index (χ1n) is 10.7. The average molecular weight is 349 g/mol. The van der Waals surface area contributed by atoms with Crippen LogP contribution in [0.4, 0.5) is 0 Å². The van der Waals surface area contributed by atoms with Crippen LogP contribution >= 0.6 is 0 Å². The van der Waals surface area contributed by atoms with Gasteiger partial charge >= 0.3 is 0 Å². The van der Waals surface area contributed by atoms with Gasteiger partial charge < -0.3 is 14.5 Å². The van der Waals surface area contributed by atoms with E-state index in [0.717, 1.165) is 38.1 Å². The van der Waals surface area contributed by atoms with Crippen molar-refractivity contribution in [3.8, 4) is 0 Å². The molecule has 0 radical (unpaired) electrons. The van der Waals surface area contributed by atoms with Crippen molar-refractivity contribution in [2.45, 2.75) is 58.3 Å². The molecule has 4 fully saturated rings. The third kappa shape index (κ3) is 4.21. The molecule has 4 rings (SSSR count). The third-order valence-electron chi connectivity index (χ3n) is 7.47. The van der Waals surface area contributed by atoms with Crippen LogP contribution in [-0.4, -0.2) is 61.6 Å². The molecule has 2 aliphatic heterocycles. The summed E-state index contributed by atoms with van der Waals surface area (Å²) in [4.78, 5) is 16.8. The van der Waals surface area contributed by atoms with Gasteiger partial charge in [-0.3, -0.25) is 4.79 Å². The van der Waals surface area contributed by atoms with Crippen LogP contribution in [0.2, 0.25) is 0 Å². The molecule has 2 saturated carbocycles. The van der Waals surface area contributed by atoms with Gasteiger partial charge in [0.2, 0.25) is 5.91 Å². The molecule has 2 saturated heterocycles. The van der Waals surface area contributed by atoms with E-state index in [0.29, 0.717) is 11.3 Å². The lowest BCUT2D eigenvalue weighted by molar-refractivity contribution is -0.128. The quantitative estimate of drug-likeness (QED) is 0.739. The third-order valence-corrected chi connectivity index (χ3v) is 7.47. The van der Waals surface area contributed by atoms with Crippen LogP contribution in [0.15, 0.2) is 0 Å². The zero-order valence-electron chi connectivity index (χ0n) is 16.0. The van der Waals surface area contributed by atoms with Gasteiger partial charge in [-0.05, 0) is 68.9 Å². The number of piperidine rings is 1. The first kappa shape index (κ1) is 17.8. The summed E-state index contributed by atoms with van der Waals surface area (Å²) >= 11 is 0. The van der Waals surface area contributed by atoms with E-state index in [9.17, 15) is 4.79 Å². The normalized spacial score (nSPS) is 30.4. The van der Waals surface area contributed by atoms with Gasteiger partial charge in [0, 0.05) is 39.1 Å². The second-order valence-corrected chi connectivity index (χ2v) is 9.39. The fraction of sp³-hybridized carbons (Fsp3) is 0.952. The molecule has 0 N–H and O–H groups in total. The highest BCUT2D eigenvalue weighted by atomic mass is 16.5. The summed E-state index contributed by atoms with van der Waals surface area (Å²) in [6, 6.07) is 0. The van der Waals surface area contributed by atoms with Crippen molar-refractivity contribution >= 4 is 5.91 Å². The van der Waals surface area contributed by atoms with Gasteiger partial charge in [0.25, 0.3) is 0 Å². The van der Waals surface area contributed by atoms with Crippen LogP contribution in [0.5, 0.6) is 0 Å². The average Bonchev–Trinajstić information content (AvgIpc) is 3.15. The Morgan fingerprint density at radius 3 is 2.40 bits per heavy atom. The molecule has 4 aliphatic rings. The summed E-state index contributed by atoms with van der Waals surface area (Å²) < 4.78 is 6.08. The lowest BCUT2D eigenvalue weighted by atomic mass is 9.71. The molecule has 1 amide bonds. The maximum Gasteiger partial charge on any atom is 0.219 e. The van der Waals surface area contributed by atoms with Gasteiger partial charge in [-0.1, -0.05) is 12.8 Å². The maximum absolute atomic E-state index is 12.0. The molecule has 4 heteroatoms. The Morgan fingerprint density at radius 2 is 1.76 bits per heavy atom. The minimum Gasteiger partial charge on any atom is -0.381 e. The van der Waals surface area contributed by atoms with E-state index in [1.807, 2.05) is 0 Å². The zero-order valence-corrected chi connectivity index (χ0v) is 16.0. The number of ether oxygens (including phenoxy) is 1. The van der Waals surface area contributed by atoms with E-state index < -0.39 is 0 Å². The van der Waals surface area contributed by atoms with Crippen LogP contribution in [0.3, 0.4) is 0 Å². The number of carbonyl (C=O) groups excluding carboxylic acids is 1. The van der Waals surface area contributed by atoms with Crippen molar-refractivity contribution < 1.29 is 9.53 Å². The summed E-state index contributed by atoms with van der Waals surface area (Å²) in [5.41, 5.74) is 0.321. The van der Waals surface area contributed by atoms with E-state index in [4.69, 9.17) is 4.74 Å². The molecule has 1 spiro atoms. The molecule has 0 bridgehead atoms. The topological polar surface area (TPSA) is 32.8 Å². The van der Waals surface area contributed by atoms with E-state index in [2.05, 4.69) is 9.80 Å². The second-order valence-electron chi connectivity index (χ2n) is 9.39. The predicted molar refractivity (Wildman–Crippen MR) is 99.4 cm³/mol. The van der Waals surface area contributed by atoms with Crippen molar-refractivity contribution in [1.82, 2.24) is 9.80 Å². The van der Waals surface area contributed by atoms with Crippen LogP contribution in [0.1, 0.15) is 58.3 Å². The predicted octanol–water partition coefficient (Wildman–Crippen LogP) is 3.16. The molecule has 0 aromatic heterocycles. The number of likely N-dealkylation sites (tertiary alicyclic amines) is 2. The van der Waals surface area contributed by atoms with Crippen LogP contribution in [0.25, 0.3) is 0 Å². The van der Waals surface area contributed by atoms with Gasteiger partial charge in [0.05, 0.1) is 6.61 Å². The van der Waals surface area contributed by atoms with E-state index in [-0.39, 0.29) is 5.91 Å². The first-order valence-corrected chi connectivity index (χ1v) is 10.7. The van der Waals surface area contributed by atoms with Crippen LogP contribution in [-0.2, 0) is 9.53 Å². The molecule has 2 heterocycles. The van der Waals surface area contributed by atoms with E-state index >= 15 is 0 Å². The summed E-state index contributed by atoms with van der Waals surface area (Å²) in [6.07, 6.45) is 11.0. The van der Waals surface area contributed by atoms with Crippen molar-refractivity contribution in [2.75, 3.05) is 45.9 Å². The fourth-order valence-corrected chi connectivity index (χ4v) is 5.47. The number of nitrogens with zero attached hydrogens (tertiary/aromatic N) is 2. The summed E-state index contributed by atoms with van der Waals surface area (Å²) in [5.74, 6) is 2.57. The highest BCUT2D eigenvalue weighted by molar-refractivity contribution is 5.73. The Kier molecular flexibility index (Phi) is 5.38. The summed E-state index contributed by atoms with van der Waals surface area (Å²) in [5, 5.41) is 0. The maximum atomic E-state index is 12.0. The van der Waals surface area contributed by atoms with Crippen molar-refractivity contribution in [1.29, 1.82) is 0 Å². The Labute approximate surface area is 153 Å². The smallest absolute Gasteiger partial charge is 0.219 e. The number of carbonyl (C=O) groups is 1. The highest BCUT2D eigenvalue weighted by Crippen LogP contribution is 2.45. The molecule has 0 aromatic carbocycles. The van der Waals surface area contributed by atoms with Crippen molar-refractivity contribution in [2.24, 2.45) is 23.2 Å². The van der Waals surface area contributed by atoms with E-state index in [1.165, 1.54) is 71.0 Å². The lowest BCUT2D eigenvalue weighted by Crippen LogP contribution is -2.46. The molecule has 25 heavy (non-hydrogen) atoms. The van der Waals surface area contributed by atoms with Crippen molar-refractivity contribution in [3.05, 3.63) is 0 Å². The number of amides is 1. The van der Waals surface area contributed by atoms with Gasteiger partial charge in [0.15, 0.2) is 0 Å². The van der Waals surface area contributed by atoms with Crippen LogP contribution < -0.4 is 0 Å². The molecular formula is C21H36N2O2. The molecule has 2 aliphatic carbocycles. The SMILES string of the molecule is CC(=O)N1C[C@H](COCC2CC2)C2(CCN(CC3CCCC3)CC2)C1. The Bertz CT molecular complexity index is 463. The molecule has 142 valence electrons. The largest absolute Gasteiger partial charge is 0.381 e. The number of hydrogen-bond donors (Lipinski definition) is 0. The monoisotopic (exact) mass is 348 g/mol. The number of rotatable bonds is 6. The minimum atomic E-state index is 0.248. The standard InChI is InChI=1S/C21H36N2O2/c1-17(24)23-13-20(15-25-14-19-6-7-19)21(16-23)8-10-22(11-9-21)12-18-4-2-3-5-18/h18-20H,2-16H2,1H3/t20-/m1/s1. The van der Waals surface area contributed by atoms with Gasteiger partial charge in [-0.25, -0.2) is 0 Å². The highest BCUT2D eigenvalue weighted by Gasteiger charge is 2.48. The van der Waals surface area contributed by atoms with Gasteiger partial charge in [-0.15, -0.1) is 0 Å². The Morgan fingerprint density at radius 1 is 1.04 bits per heavy atom. The molecule has 0 unspecified atom stereocenters. The second kappa shape index (κ2) is 7.56. The minimum absolute atomic E-state index is 0.248.